The van der Waals surface area contributed by atoms with Crippen molar-refractivity contribution in [3.8, 4) is 0 Å². The molecule has 0 aromatic heterocycles. The van der Waals surface area contributed by atoms with Crippen molar-refractivity contribution in [1.29, 1.82) is 0 Å². The molecule has 1 aliphatic rings. The van der Waals surface area contributed by atoms with E-state index in [0.29, 0.717) is 0 Å². The van der Waals surface area contributed by atoms with E-state index < -0.39 is 37.4 Å². The van der Waals surface area contributed by atoms with Gasteiger partial charge in [0.05, 0.1) is 19.2 Å². The Morgan fingerprint density at radius 3 is 2.77 bits per heavy atom. The summed E-state index contributed by atoms with van der Waals surface area (Å²) < 4.78 is 25.6. The molecule has 1 rings (SSSR count). The van der Waals surface area contributed by atoms with Crippen molar-refractivity contribution in [3.63, 3.8) is 0 Å². The highest BCUT2D eigenvalue weighted by atomic mass is 35.5. The molecule has 1 fully saturated rings. The quantitative estimate of drug-likeness (QED) is 0.677. The first-order valence-electron chi connectivity index (χ1n) is 3.84. The maximum Gasteiger partial charge on any atom is 0.267 e. The van der Waals surface area contributed by atoms with Gasteiger partial charge in [0.25, 0.3) is 5.92 Å². The third-order valence-electron chi connectivity index (χ3n) is 2.02. The smallest absolute Gasteiger partial charge is 0.267 e. The van der Waals surface area contributed by atoms with E-state index in [2.05, 4.69) is 0 Å². The molecular weight excluding hydrogens is 204 g/mol. The van der Waals surface area contributed by atoms with Gasteiger partial charge < -0.3 is 10.0 Å². The van der Waals surface area contributed by atoms with E-state index >= 15 is 0 Å². The third kappa shape index (κ3) is 2.28. The van der Waals surface area contributed by atoms with Gasteiger partial charge >= 0.3 is 0 Å². The number of alkyl halides is 3. The van der Waals surface area contributed by atoms with E-state index in [1.807, 2.05) is 0 Å². The zero-order valence-electron chi connectivity index (χ0n) is 6.84. The lowest BCUT2D eigenvalue weighted by molar-refractivity contribution is -0.131. The minimum Gasteiger partial charge on any atom is -0.394 e. The van der Waals surface area contributed by atoms with Crippen molar-refractivity contribution in [2.24, 2.45) is 0 Å². The van der Waals surface area contributed by atoms with Crippen LogP contribution in [0.15, 0.2) is 0 Å². The predicted octanol–water partition coefficient (Wildman–Crippen LogP) is 0.454. The number of carbonyl (C=O) groups is 1. The van der Waals surface area contributed by atoms with Crippen LogP contribution >= 0.6 is 11.6 Å². The second kappa shape index (κ2) is 3.75. The summed E-state index contributed by atoms with van der Waals surface area (Å²) in [6.45, 7) is -1.08. The van der Waals surface area contributed by atoms with Gasteiger partial charge in [0.15, 0.2) is 0 Å². The van der Waals surface area contributed by atoms with Crippen molar-refractivity contribution < 1.29 is 18.7 Å². The number of hydrogen-bond donors (Lipinski definition) is 1. The normalized spacial score (nSPS) is 26.5. The Kier molecular flexibility index (Phi) is 3.08. The summed E-state index contributed by atoms with van der Waals surface area (Å²) >= 11 is 5.23. The summed E-state index contributed by atoms with van der Waals surface area (Å²) in [5.74, 6) is -3.78. The fourth-order valence-electron chi connectivity index (χ4n) is 1.43. The number of carbonyl (C=O) groups excluding carboxylic acids is 1. The lowest BCUT2D eigenvalue weighted by Crippen LogP contribution is -2.39. The van der Waals surface area contributed by atoms with E-state index in [1.165, 1.54) is 0 Å². The largest absolute Gasteiger partial charge is 0.394 e. The summed E-state index contributed by atoms with van der Waals surface area (Å²) in [6.07, 6.45) is -0.480. The molecule has 76 valence electrons. The van der Waals surface area contributed by atoms with Gasteiger partial charge in [0, 0.05) is 6.42 Å². The minimum absolute atomic E-state index is 0.327. The van der Waals surface area contributed by atoms with Crippen molar-refractivity contribution >= 4 is 17.5 Å². The van der Waals surface area contributed by atoms with Gasteiger partial charge in [-0.25, -0.2) is 8.78 Å². The Balaban J connectivity index is 2.69. The molecule has 1 atom stereocenters. The van der Waals surface area contributed by atoms with Crippen LogP contribution in [0, 0.1) is 0 Å². The molecule has 1 saturated heterocycles. The molecule has 1 amide bonds. The average molecular weight is 214 g/mol. The highest BCUT2D eigenvalue weighted by Crippen LogP contribution is 2.31. The summed E-state index contributed by atoms with van der Waals surface area (Å²) in [7, 11) is 0. The third-order valence-corrected chi connectivity index (χ3v) is 2.25. The number of hydrogen-bond acceptors (Lipinski definition) is 2. The molecule has 0 radical (unpaired) electrons. The number of aliphatic hydroxyl groups excluding tert-OH is 1. The van der Waals surface area contributed by atoms with Gasteiger partial charge in [-0.1, -0.05) is 0 Å². The Morgan fingerprint density at radius 2 is 2.31 bits per heavy atom. The zero-order valence-corrected chi connectivity index (χ0v) is 7.60. The Labute approximate surface area is 79.3 Å². The van der Waals surface area contributed by atoms with E-state index in [0.717, 1.165) is 4.90 Å². The molecule has 13 heavy (non-hydrogen) atoms. The van der Waals surface area contributed by atoms with Crippen LogP contribution in [0.3, 0.4) is 0 Å². The van der Waals surface area contributed by atoms with Crippen LogP contribution in [-0.2, 0) is 4.79 Å². The standard InChI is InChI=1S/C7H10ClF2NO2/c8-2-6(13)11-4-7(9,10)1-5(11)3-12/h5,12H,1-4H2/t5-/m1/s1. The monoisotopic (exact) mass is 213 g/mol. The molecule has 0 unspecified atom stereocenters. The van der Waals surface area contributed by atoms with Crippen molar-refractivity contribution in [1.82, 2.24) is 4.90 Å². The fraction of sp³-hybridized carbons (Fsp3) is 0.857. The fourth-order valence-corrected chi connectivity index (χ4v) is 1.58. The Bertz CT molecular complexity index is 213. The molecule has 0 aromatic rings. The number of likely N-dealkylation sites (tertiary alicyclic amines) is 1. The lowest BCUT2D eigenvalue weighted by atomic mass is 10.2. The average Bonchev–Trinajstić information content (AvgIpc) is 2.39. The number of rotatable bonds is 2. The maximum atomic E-state index is 12.8. The molecule has 1 heterocycles. The van der Waals surface area contributed by atoms with Crippen molar-refractivity contribution in [2.75, 3.05) is 19.0 Å². The van der Waals surface area contributed by atoms with Gasteiger partial charge in [-0.3, -0.25) is 4.79 Å². The number of amides is 1. The van der Waals surface area contributed by atoms with Crippen LogP contribution in [0.25, 0.3) is 0 Å². The molecule has 0 saturated carbocycles. The first kappa shape index (κ1) is 10.7. The highest BCUT2D eigenvalue weighted by Gasteiger charge is 2.46. The van der Waals surface area contributed by atoms with Gasteiger partial charge in [0.1, 0.15) is 5.88 Å². The lowest BCUT2D eigenvalue weighted by Gasteiger charge is -2.20. The first-order valence-corrected chi connectivity index (χ1v) is 4.38. The van der Waals surface area contributed by atoms with Crippen LogP contribution < -0.4 is 0 Å². The highest BCUT2D eigenvalue weighted by molar-refractivity contribution is 6.27. The number of halogens is 3. The molecule has 1 N–H and O–H groups in total. The van der Waals surface area contributed by atoms with Gasteiger partial charge in [-0.2, -0.15) is 0 Å². The molecule has 3 nitrogen and oxygen atoms in total. The molecule has 0 bridgehead atoms. The van der Waals surface area contributed by atoms with E-state index in [4.69, 9.17) is 16.7 Å². The van der Waals surface area contributed by atoms with Gasteiger partial charge in [0.2, 0.25) is 5.91 Å². The minimum atomic E-state index is -2.89. The van der Waals surface area contributed by atoms with E-state index in [1.54, 1.807) is 0 Å². The SMILES string of the molecule is O=C(CCl)N1CC(F)(F)C[C@@H]1CO. The second-order valence-corrected chi connectivity index (χ2v) is 3.32. The summed E-state index contributed by atoms with van der Waals surface area (Å²) in [5, 5.41) is 8.74. The number of nitrogens with zero attached hydrogens (tertiary/aromatic N) is 1. The Morgan fingerprint density at radius 1 is 1.69 bits per heavy atom. The molecule has 1 aliphatic heterocycles. The Hall–Kier alpha value is -0.420. The van der Waals surface area contributed by atoms with Gasteiger partial charge in [-0.15, -0.1) is 11.6 Å². The van der Waals surface area contributed by atoms with E-state index in [-0.39, 0.29) is 5.88 Å². The predicted molar refractivity (Wildman–Crippen MR) is 42.9 cm³/mol. The van der Waals surface area contributed by atoms with Crippen LogP contribution in [0.1, 0.15) is 6.42 Å². The second-order valence-electron chi connectivity index (χ2n) is 3.05. The van der Waals surface area contributed by atoms with Crippen LogP contribution in [0.4, 0.5) is 8.78 Å². The first-order chi connectivity index (χ1) is 6.00. The molecule has 0 spiro atoms. The zero-order chi connectivity index (χ0) is 10.1. The number of aliphatic hydroxyl groups is 1. The molecule has 0 aliphatic carbocycles. The topological polar surface area (TPSA) is 40.5 Å². The summed E-state index contributed by atoms with van der Waals surface area (Å²) in [4.78, 5) is 12.0. The van der Waals surface area contributed by atoms with Crippen molar-refractivity contribution in [2.45, 2.75) is 18.4 Å². The molecule has 0 aromatic carbocycles. The van der Waals surface area contributed by atoms with Crippen molar-refractivity contribution in [3.05, 3.63) is 0 Å². The van der Waals surface area contributed by atoms with Gasteiger partial charge in [-0.05, 0) is 0 Å². The van der Waals surface area contributed by atoms with E-state index in [9.17, 15) is 13.6 Å². The molecule has 6 heteroatoms. The van der Waals surface area contributed by atoms with Crippen LogP contribution in [0.5, 0.6) is 0 Å². The molecular formula is C7H10ClF2NO2. The summed E-state index contributed by atoms with van der Waals surface area (Å²) in [5.41, 5.74) is 0. The van der Waals surface area contributed by atoms with Crippen LogP contribution in [-0.4, -0.2) is 46.9 Å². The summed E-state index contributed by atoms with van der Waals surface area (Å²) in [6, 6.07) is -0.791. The maximum absolute atomic E-state index is 12.8. The van der Waals surface area contributed by atoms with Crippen LogP contribution in [0.2, 0.25) is 0 Å².